The molecule has 17 heavy (non-hydrogen) atoms. The molecule has 104 valence electrons. The first kappa shape index (κ1) is 17.2. The fourth-order valence-corrected chi connectivity index (χ4v) is 4.67. The highest BCUT2D eigenvalue weighted by atomic mass is 31.2. The molecule has 0 saturated heterocycles. The van der Waals surface area contributed by atoms with Crippen molar-refractivity contribution in [3.8, 4) is 0 Å². The molecule has 0 radical (unpaired) electrons. The quantitative estimate of drug-likeness (QED) is 0.349. The van der Waals surface area contributed by atoms with Gasteiger partial charge in [-0.3, -0.25) is 9.05 Å². The molecular formula is C9H23O6PSi. The molecule has 0 aliphatic heterocycles. The molecule has 0 aromatic heterocycles. The van der Waals surface area contributed by atoms with Crippen molar-refractivity contribution in [3.63, 3.8) is 0 Å². The Hall–Kier alpha value is 0.247. The molecule has 0 atom stereocenters. The fraction of sp³-hybridized carbons (Fsp3) is 1.00. The standard InChI is InChI=1S/C9H23O6PSi/c1-11-6-8-13-16(10,14-9-7-12-2)15-17(3,4)5/h6-9H2,1-5H3. The zero-order valence-corrected chi connectivity index (χ0v) is 13.1. The molecule has 0 rings (SSSR count). The lowest BCUT2D eigenvalue weighted by atomic mass is 10.8. The van der Waals surface area contributed by atoms with Gasteiger partial charge in [0.25, 0.3) is 0 Å². The van der Waals surface area contributed by atoms with Crippen LogP contribution in [-0.2, 0) is 27.3 Å². The summed E-state index contributed by atoms with van der Waals surface area (Å²) in [5.74, 6) is 0. The molecule has 0 saturated carbocycles. The third-order valence-electron chi connectivity index (χ3n) is 1.46. The van der Waals surface area contributed by atoms with E-state index >= 15 is 0 Å². The van der Waals surface area contributed by atoms with Crippen LogP contribution in [0.3, 0.4) is 0 Å². The molecule has 8 heteroatoms. The number of methoxy groups -OCH3 is 2. The summed E-state index contributed by atoms with van der Waals surface area (Å²) in [7, 11) is -2.42. The number of rotatable bonds is 10. The molecule has 0 aliphatic rings. The molecule has 0 N–H and O–H groups in total. The molecule has 0 spiro atoms. The fourth-order valence-electron chi connectivity index (χ4n) is 0.890. The summed E-state index contributed by atoms with van der Waals surface area (Å²) in [5.41, 5.74) is 0. The minimum Gasteiger partial charge on any atom is -0.382 e. The number of phosphoric ester groups is 1. The summed E-state index contributed by atoms with van der Waals surface area (Å²) in [6.07, 6.45) is 0. The van der Waals surface area contributed by atoms with Gasteiger partial charge in [-0.15, -0.1) is 0 Å². The average Bonchev–Trinajstić information content (AvgIpc) is 2.15. The maximum Gasteiger partial charge on any atom is 0.465 e. The molecule has 0 bridgehead atoms. The van der Waals surface area contributed by atoms with E-state index in [2.05, 4.69) is 0 Å². The summed E-state index contributed by atoms with van der Waals surface area (Å²) in [5, 5.41) is 0. The van der Waals surface area contributed by atoms with Crippen LogP contribution in [0, 0.1) is 0 Å². The van der Waals surface area contributed by atoms with Crippen molar-refractivity contribution in [1.29, 1.82) is 0 Å². The van der Waals surface area contributed by atoms with Crippen LogP contribution in [0.5, 0.6) is 0 Å². The zero-order valence-electron chi connectivity index (χ0n) is 11.2. The Balaban J connectivity index is 4.30. The Morgan fingerprint density at radius 3 is 1.59 bits per heavy atom. The van der Waals surface area contributed by atoms with Gasteiger partial charge < -0.3 is 13.7 Å². The van der Waals surface area contributed by atoms with Crippen LogP contribution in [0.15, 0.2) is 0 Å². The lowest BCUT2D eigenvalue weighted by molar-refractivity contribution is 0.0856. The third kappa shape index (κ3) is 9.90. The van der Waals surface area contributed by atoms with Gasteiger partial charge in [-0.05, 0) is 19.6 Å². The van der Waals surface area contributed by atoms with Gasteiger partial charge in [0.2, 0.25) is 0 Å². The van der Waals surface area contributed by atoms with E-state index in [-0.39, 0.29) is 13.2 Å². The SMILES string of the molecule is COCCOP(=O)(OCCOC)O[Si](C)(C)C. The highest BCUT2D eigenvalue weighted by molar-refractivity contribution is 7.50. The van der Waals surface area contributed by atoms with Gasteiger partial charge in [0.05, 0.1) is 26.4 Å². The second kappa shape index (κ2) is 8.37. The largest absolute Gasteiger partial charge is 0.465 e. The van der Waals surface area contributed by atoms with Crippen molar-refractivity contribution in [2.45, 2.75) is 19.6 Å². The molecule has 0 aliphatic carbocycles. The van der Waals surface area contributed by atoms with Crippen LogP contribution in [0.25, 0.3) is 0 Å². The molecule has 0 aromatic carbocycles. The van der Waals surface area contributed by atoms with E-state index in [1.165, 1.54) is 0 Å². The van der Waals surface area contributed by atoms with E-state index < -0.39 is 16.1 Å². The number of phosphoric acid groups is 1. The zero-order chi connectivity index (χ0) is 13.4. The lowest BCUT2D eigenvalue weighted by Crippen LogP contribution is -2.25. The number of hydrogen-bond acceptors (Lipinski definition) is 6. The van der Waals surface area contributed by atoms with Crippen LogP contribution in [0.4, 0.5) is 0 Å². The topological polar surface area (TPSA) is 63.2 Å². The van der Waals surface area contributed by atoms with Crippen molar-refractivity contribution in [2.75, 3.05) is 40.6 Å². The Morgan fingerprint density at radius 2 is 1.29 bits per heavy atom. The summed E-state index contributed by atoms with van der Waals surface area (Å²) >= 11 is 0. The van der Waals surface area contributed by atoms with Crippen LogP contribution >= 0.6 is 7.82 Å². The predicted molar refractivity (Wildman–Crippen MR) is 67.7 cm³/mol. The van der Waals surface area contributed by atoms with Gasteiger partial charge in [0, 0.05) is 14.2 Å². The molecule has 0 unspecified atom stereocenters. The number of hydrogen-bond donors (Lipinski definition) is 0. The molecule has 0 heterocycles. The second-order valence-corrected chi connectivity index (χ2v) is 10.7. The number of ether oxygens (including phenoxy) is 2. The highest BCUT2D eigenvalue weighted by Gasteiger charge is 2.33. The van der Waals surface area contributed by atoms with Crippen LogP contribution in [0.1, 0.15) is 0 Å². The van der Waals surface area contributed by atoms with Gasteiger partial charge >= 0.3 is 7.82 Å². The first-order valence-corrected chi connectivity index (χ1v) is 10.3. The van der Waals surface area contributed by atoms with Gasteiger partial charge in [-0.1, -0.05) is 0 Å². The maximum absolute atomic E-state index is 12.2. The minimum absolute atomic E-state index is 0.172. The Labute approximate surface area is 104 Å². The van der Waals surface area contributed by atoms with E-state index in [4.69, 9.17) is 22.7 Å². The first-order valence-electron chi connectivity index (χ1n) is 5.41. The Kier molecular flexibility index (Phi) is 8.49. The highest BCUT2D eigenvalue weighted by Crippen LogP contribution is 2.51. The van der Waals surface area contributed by atoms with Gasteiger partial charge in [-0.25, -0.2) is 4.57 Å². The molecule has 6 nitrogen and oxygen atoms in total. The summed E-state index contributed by atoms with van der Waals surface area (Å²) in [4.78, 5) is 0. The molecule has 0 aromatic rings. The average molecular weight is 286 g/mol. The van der Waals surface area contributed by atoms with Crippen molar-refractivity contribution in [3.05, 3.63) is 0 Å². The Bertz CT molecular complexity index is 228. The lowest BCUT2D eigenvalue weighted by Gasteiger charge is -2.24. The van der Waals surface area contributed by atoms with Crippen molar-refractivity contribution >= 4 is 16.1 Å². The maximum atomic E-state index is 12.2. The molecule has 0 fully saturated rings. The predicted octanol–water partition coefficient (Wildman–Crippen LogP) is 2.27. The summed E-state index contributed by atoms with van der Waals surface area (Å²) < 4.78 is 37.7. The van der Waals surface area contributed by atoms with Crippen LogP contribution in [0.2, 0.25) is 19.6 Å². The van der Waals surface area contributed by atoms with Crippen molar-refractivity contribution in [1.82, 2.24) is 0 Å². The minimum atomic E-state index is -3.50. The normalized spacial score (nSPS) is 13.0. The van der Waals surface area contributed by atoms with Gasteiger partial charge in [0.15, 0.2) is 8.32 Å². The van der Waals surface area contributed by atoms with Gasteiger partial charge in [0.1, 0.15) is 0 Å². The third-order valence-corrected chi connectivity index (χ3v) is 5.54. The monoisotopic (exact) mass is 286 g/mol. The smallest absolute Gasteiger partial charge is 0.382 e. The van der Waals surface area contributed by atoms with E-state index in [0.29, 0.717) is 13.2 Å². The second-order valence-electron chi connectivity index (χ2n) is 4.30. The van der Waals surface area contributed by atoms with E-state index in [9.17, 15) is 4.57 Å². The first-order chi connectivity index (χ1) is 7.83. The van der Waals surface area contributed by atoms with Crippen LogP contribution < -0.4 is 0 Å². The molecular weight excluding hydrogens is 263 g/mol. The van der Waals surface area contributed by atoms with Crippen molar-refractivity contribution in [2.24, 2.45) is 0 Å². The van der Waals surface area contributed by atoms with Gasteiger partial charge in [-0.2, -0.15) is 0 Å². The van der Waals surface area contributed by atoms with E-state index in [1.54, 1.807) is 14.2 Å². The van der Waals surface area contributed by atoms with Crippen molar-refractivity contribution < 1.29 is 27.3 Å². The molecule has 0 amide bonds. The Morgan fingerprint density at radius 1 is 0.882 bits per heavy atom. The summed E-state index contributed by atoms with van der Waals surface area (Å²) in [6, 6.07) is 0. The van der Waals surface area contributed by atoms with Crippen LogP contribution in [-0.4, -0.2) is 49.0 Å². The van der Waals surface area contributed by atoms with E-state index in [1.807, 2.05) is 19.6 Å². The van der Waals surface area contributed by atoms with E-state index in [0.717, 1.165) is 0 Å². The summed E-state index contributed by atoms with van der Waals surface area (Å²) in [6.45, 7) is 6.77.